The van der Waals surface area contributed by atoms with Crippen molar-refractivity contribution in [3.63, 3.8) is 0 Å². The fourth-order valence-electron chi connectivity index (χ4n) is 2.26. The van der Waals surface area contributed by atoms with Crippen LogP contribution in [0.3, 0.4) is 0 Å². The van der Waals surface area contributed by atoms with Gasteiger partial charge in [-0.15, -0.1) is 0 Å². The van der Waals surface area contributed by atoms with E-state index in [1.54, 1.807) is 25.1 Å². The minimum atomic E-state index is -0.908. The molecule has 0 radical (unpaired) electrons. The molecule has 2 aromatic rings. The third-order valence-electron chi connectivity index (χ3n) is 3.70. The van der Waals surface area contributed by atoms with Crippen LogP contribution in [0.4, 0.5) is 8.78 Å². The van der Waals surface area contributed by atoms with Gasteiger partial charge in [-0.3, -0.25) is 4.79 Å². The molecule has 6 heteroatoms. The molecule has 2 N–H and O–H groups in total. The van der Waals surface area contributed by atoms with Crippen molar-refractivity contribution < 1.29 is 23.4 Å². The number of benzene rings is 2. The van der Waals surface area contributed by atoms with Crippen LogP contribution in [0.25, 0.3) is 0 Å². The molecule has 134 valence electrons. The number of rotatable bonds is 8. The molecular weight excluding hydrogens is 328 g/mol. The smallest absolute Gasteiger partial charge is 0.223 e. The van der Waals surface area contributed by atoms with E-state index in [1.165, 1.54) is 30.3 Å². The van der Waals surface area contributed by atoms with Crippen LogP contribution in [0.15, 0.2) is 48.5 Å². The summed E-state index contributed by atoms with van der Waals surface area (Å²) >= 11 is 0. The Morgan fingerprint density at radius 3 is 2.52 bits per heavy atom. The molecule has 0 bridgehead atoms. The maximum absolute atomic E-state index is 13.6. The number of hydrogen-bond donors (Lipinski definition) is 2. The highest BCUT2D eigenvalue weighted by atomic mass is 19.1. The van der Waals surface area contributed by atoms with Gasteiger partial charge in [0.25, 0.3) is 0 Å². The zero-order valence-electron chi connectivity index (χ0n) is 13.9. The number of halogens is 2. The predicted octanol–water partition coefficient (Wildman–Crippen LogP) is 2.70. The first-order chi connectivity index (χ1) is 12.0. The third kappa shape index (κ3) is 6.15. The molecule has 2 aromatic carbocycles. The van der Waals surface area contributed by atoms with Gasteiger partial charge in [-0.25, -0.2) is 8.78 Å². The minimum absolute atomic E-state index is 0.0155. The average molecular weight is 349 g/mol. The van der Waals surface area contributed by atoms with E-state index in [1.807, 2.05) is 0 Å². The molecule has 0 aliphatic heterocycles. The van der Waals surface area contributed by atoms with Crippen molar-refractivity contribution >= 4 is 5.91 Å². The molecule has 0 saturated heterocycles. The summed E-state index contributed by atoms with van der Waals surface area (Å²) < 4.78 is 31.7. The predicted molar refractivity (Wildman–Crippen MR) is 90.2 cm³/mol. The van der Waals surface area contributed by atoms with Gasteiger partial charge in [-0.1, -0.05) is 25.1 Å². The Bertz CT molecular complexity index is 691. The molecule has 0 aliphatic rings. The molecular formula is C19H21F2NO3. The van der Waals surface area contributed by atoms with Crippen LogP contribution in [-0.4, -0.2) is 30.3 Å². The lowest BCUT2D eigenvalue weighted by atomic mass is 10.00. The molecule has 0 fully saturated rings. The summed E-state index contributed by atoms with van der Waals surface area (Å²) in [5, 5.41) is 12.5. The Labute approximate surface area is 145 Å². The zero-order chi connectivity index (χ0) is 18.2. The number of carbonyl (C=O) groups is 1. The summed E-state index contributed by atoms with van der Waals surface area (Å²) in [5.41, 5.74) is 0.477. The fourth-order valence-corrected chi connectivity index (χ4v) is 2.26. The lowest BCUT2D eigenvalue weighted by molar-refractivity contribution is -0.125. The Hall–Kier alpha value is -2.47. The van der Waals surface area contributed by atoms with E-state index in [2.05, 4.69) is 5.32 Å². The molecule has 0 saturated carbocycles. The van der Waals surface area contributed by atoms with E-state index in [0.717, 1.165) is 0 Å². The molecule has 2 unspecified atom stereocenters. The summed E-state index contributed by atoms with van der Waals surface area (Å²) in [6.07, 6.45) is -0.629. The van der Waals surface area contributed by atoms with Gasteiger partial charge in [0.05, 0.1) is 0 Å². The fraction of sp³-hybridized carbons (Fsp3) is 0.316. The maximum Gasteiger partial charge on any atom is 0.223 e. The molecule has 0 heterocycles. The van der Waals surface area contributed by atoms with E-state index in [-0.39, 0.29) is 37.1 Å². The van der Waals surface area contributed by atoms with Gasteiger partial charge in [0.1, 0.15) is 30.1 Å². The van der Waals surface area contributed by atoms with Gasteiger partial charge in [0.15, 0.2) is 0 Å². The highest BCUT2D eigenvalue weighted by Crippen LogP contribution is 2.13. The van der Waals surface area contributed by atoms with Crippen molar-refractivity contribution in [2.45, 2.75) is 19.4 Å². The van der Waals surface area contributed by atoms with Crippen LogP contribution in [-0.2, 0) is 11.2 Å². The van der Waals surface area contributed by atoms with Crippen molar-refractivity contribution in [3.8, 4) is 5.75 Å². The molecule has 0 aromatic heterocycles. The lowest BCUT2D eigenvalue weighted by Gasteiger charge is -2.16. The number of aliphatic hydroxyl groups excluding tert-OH is 1. The molecule has 2 atom stereocenters. The summed E-state index contributed by atoms with van der Waals surface area (Å²) in [6, 6.07) is 11.7. The molecule has 0 aliphatic carbocycles. The van der Waals surface area contributed by atoms with Gasteiger partial charge in [0, 0.05) is 12.5 Å². The molecule has 2 rings (SSSR count). The normalized spacial score (nSPS) is 13.1. The number of amides is 1. The van der Waals surface area contributed by atoms with Crippen molar-refractivity contribution in [3.05, 3.63) is 65.7 Å². The van der Waals surface area contributed by atoms with Crippen LogP contribution < -0.4 is 10.1 Å². The Kier molecular flexibility index (Phi) is 6.89. The Morgan fingerprint density at radius 1 is 1.16 bits per heavy atom. The standard InChI is InChI=1S/C19H21F2NO3/c1-13(10-14-4-2-3-5-18(14)21)19(24)22-11-16(23)12-25-17-8-6-15(20)7-9-17/h2-9,13,16,23H,10-12H2,1H3,(H,22,24). The molecule has 25 heavy (non-hydrogen) atoms. The molecule has 1 amide bonds. The summed E-state index contributed by atoms with van der Waals surface area (Å²) in [6.45, 7) is 1.68. The highest BCUT2D eigenvalue weighted by Gasteiger charge is 2.16. The summed E-state index contributed by atoms with van der Waals surface area (Å²) in [4.78, 5) is 12.0. The van der Waals surface area contributed by atoms with Gasteiger partial charge >= 0.3 is 0 Å². The van der Waals surface area contributed by atoms with Gasteiger partial charge in [-0.2, -0.15) is 0 Å². The van der Waals surface area contributed by atoms with Gasteiger partial charge in [0.2, 0.25) is 5.91 Å². The van der Waals surface area contributed by atoms with E-state index < -0.39 is 12.0 Å². The minimum Gasteiger partial charge on any atom is -0.491 e. The van der Waals surface area contributed by atoms with Crippen LogP contribution >= 0.6 is 0 Å². The first-order valence-electron chi connectivity index (χ1n) is 8.03. The quantitative estimate of drug-likeness (QED) is 0.770. The van der Waals surface area contributed by atoms with Crippen LogP contribution in [0.1, 0.15) is 12.5 Å². The second-order valence-corrected chi connectivity index (χ2v) is 5.86. The number of hydrogen-bond acceptors (Lipinski definition) is 3. The van der Waals surface area contributed by atoms with Crippen molar-refractivity contribution in [2.24, 2.45) is 5.92 Å². The van der Waals surface area contributed by atoms with Crippen LogP contribution in [0.2, 0.25) is 0 Å². The van der Waals surface area contributed by atoms with E-state index in [9.17, 15) is 18.7 Å². The second-order valence-electron chi connectivity index (χ2n) is 5.86. The third-order valence-corrected chi connectivity index (χ3v) is 3.70. The molecule has 4 nitrogen and oxygen atoms in total. The summed E-state index contributed by atoms with van der Waals surface area (Å²) in [7, 11) is 0. The maximum atomic E-state index is 13.6. The van der Waals surface area contributed by atoms with Gasteiger partial charge in [-0.05, 0) is 42.3 Å². The number of ether oxygens (including phenoxy) is 1. The number of aliphatic hydroxyl groups is 1. The van der Waals surface area contributed by atoms with Crippen LogP contribution in [0, 0.1) is 17.6 Å². The SMILES string of the molecule is CC(Cc1ccccc1F)C(=O)NCC(O)COc1ccc(F)cc1. The zero-order valence-corrected chi connectivity index (χ0v) is 13.9. The van der Waals surface area contributed by atoms with Gasteiger partial charge < -0.3 is 15.2 Å². The Morgan fingerprint density at radius 2 is 1.84 bits per heavy atom. The number of nitrogens with one attached hydrogen (secondary N) is 1. The lowest BCUT2D eigenvalue weighted by Crippen LogP contribution is -2.38. The highest BCUT2D eigenvalue weighted by molar-refractivity contribution is 5.78. The molecule has 0 spiro atoms. The first kappa shape index (κ1) is 18.9. The van der Waals surface area contributed by atoms with E-state index in [4.69, 9.17) is 4.74 Å². The first-order valence-corrected chi connectivity index (χ1v) is 8.03. The topological polar surface area (TPSA) is 58.6 Å². The van der Waals surface area contributed by atoms with Crippen molar-refractivity contribution in [1.82, 2.24) is 5.32 Å². The van der Waals surface area contributed by atoms with E-state index >= 15 is 0 Å². The average Bonchev–Trinajstić information content (AvgIpc) is 2.61. The number of carbonyl (C=O) groups excluding carboxylic acids is 1. The second kappa shape index (κ2) is 9.13. The Balaban J connectivity index is 1.73. The largest absolute Gasteiger partial charge is 0.491 e. The van der Waals surface area contributed by atoms with Crippen molar-refractivity contribution in [2.75, 3.05) is 13.2 Å². The van der Waals surface area contributed by atoms with Crippen LogP contribution in [0.5, 0.6) is 5.75 Å². The summed E-state index contributed by atoms with van der Waals surface area (Å²) in [5.74, 6) is -0.982. The van der Waals surface area contributed by atoms with E-state index in [0.29, 0.717) is 11.3 Å². The monoisotopic (exact) mass is 349 g/mol. The van der Waals surface area contributed by atoms with Crippen molar-refractivity contribution in [1.29, 1.82) is 0 Å².